The Morgan fingerprint density at radius 3 is 2.69 bits per heavy atom. The molecule has 148 valence electrons. The van der Waals surface area contributed by atoms with Crippen molar-refractivity contribution < 1.29 is 13.2 Å². The van der Waals surface area contributed by atoms with Crippen molar-refractivity contribution in [2.45, 2.75) is 39.3 Å². The van der Waals surface area contributed by atoms with Crippen LogP contribution in [-0.2, 0) is 16.4 Å². The fraction of sp³-hybridized carbons (Fsp3) is 0.611. The van der Waals surface area contributed by atoms with Crippen LogP contribution in [0.25, 0.3) is 0 Å². The lowest BCUT2D eigenvalue weighted by molar-refractivity contribution is 0.286. The molecule has 0 amide bonds. The van der Waals surface area contributed by atoms with Gasteiger partial charge in [0.25, 0.3) is 0 Å². The predicted octanol–water partition coefficient (Wildman–Crippen LogP) is 2.58. The van der Waals surface area contributed by atoms with Gasteiger partial charge in [-0.1, -0.05) is 32.0 Å². The van der Waals surface area contributed by atoms with Crippen LogP contribution in [0.5, 0.6) is 5.75 Å². The van der Waals surface area contributed by atoms with Gasteiger partial charge in [-0.3, -0.25) is 4.99 Å². The van der Waals surface area contributed by atoms with Crippen molar-refractivity contribution in [1.29, 1.82) is 0 Å². The number of nitrogens with zero attached hydrogens (tertiary/aromatic N) is 1. The summed E-state index contributed by atoms with van der Waals surface area (Å²) in [6.45, 7) is 5.62. The third-order valence-electron chi connectivity index (χ3n) is 4.17. The lowest BCUT2D eigenvalue weighted by Gasteiger charge is -2.17. The van der Waals surface area contributed by atoms with E-state index in [2.05, 4.69) is 29.5 Å². The second kappa shape index (κ2) is 11.0. The van der Waals surface area contributed by atoms with Crippen molar-refractivity contribution in [3.05, 3.63) is 29.8 Å². The number of aliphatic imine (C=N–C) groups is 1. The summed E-state index contributed by atoms with van der Waals surface area (Å²) >= 11 is 0. The van der Waals surface area contributed by atoms with Crippen LogP contribution in [0.1, 0.15) is 32.3 Å². The molecule has 0 spiro atoms. The number of para-hydroxylation sites is 1. The first-order valence-electron chi connectivity index (χ1n) is 8.78. The van der Waals surface area contributed by atoms with Gasteiger partial charge in [0.2, 0.25) is 0 Å². The quantitative estimate of drug-likeness (QED) is 0.346. The van der Waals surface area contributed by atoms with E-state index in [0.29, 0.717) is 31.4 Å². The molecular formula is C18H30IN3O3S. The van der Waals surface area contributed by atoms with Crippen LogP contribution in [0, 0.1) is 5.92 Å². The molecule has 0 aromatic heterocycles. The highest BCUT2D eigenvalue weighted by Gasteiger charge is 2.28. The molecule has 26 heavy (non-hydrogen) atoms. The van der Waals surface area contributed by atoms with Gasteiger partial charge in [0, 0.05) is 25.2 Å². The molecule has 0 radical (unpaired) electrons. The molecule has 0 aliphatic carbocycles. The number of guanidine groups is 1. The van der Waals surface area contributed by atoms with E-state index in [1.165, 1.54) is 0 Å². The first-order valence-corrected chi connectivity index (χ1v) is 10.6. The zero-order valence-corrected chi connectivity index (χ0v) is 18.8. The highest BCUT2D eigenvalue weighted by molar-refractivity contribution is 14.0. The first-order chi connectivity index (χ1) is 11.9. The second-order valence-electron chi connectivity index (χ2n) is 6.81. The Balaban J connectivity index is 0.00000338. The Kier molecular flexibility index (Phi) is 9.70. The molecule has 1 aliphatic rings. The van der Waals surface area contributed by atoms with E-state index in [9.17, 15) is 8.42 Å². The van der Waals surface area contributed by atoms with E-state index < -0.39 is 9.84 Å². The molecule has 1 aliphatic heterocycles. The number of hydrogen-bond donors (Lipinski definition) is 2. The van der Waals surface area contributed by atoms with Crippen LogP contribution in [0.4, 0.5) is 0 Å². The van der Waals surface area contributed by atoms with Gasteiger partial charge in [-0.15, -0.1) is 24.0 Å². The predicted molar refractivity (Wildman–Crippen MR) is 117 cm³/mol. The number of sulfone groups is 1. The van der Waals surface area contributed by atoms with Crippen LogP contribution in [0.3, 0.4) is 0 Å². The minimum Gasteiger partial charge on any atom is -0.493 e. The molecule has 1 saturated heterocycles. The molecule has 1 fully saturated rings. The molecule has 0 saturated carbocycles. The largest absolute Gasteiger partial charge is 0.493 e. The van der Waals surface area contributed by atoms with Crippen LogP contribution in [0.2, 0.25) is 0 Å². The molecule has 2 rings (SSSR count). The zero-order chi connectivity index (χ0) is 18.3. The summed E-state index contributed by atoms with van der Waals surface area (Å²) in [5.41, 5.74) is 1.05. The number of ether oxygens (including phenoxy) is 1. The lowest BCUT2D eigenvalue weighted by Crippen LogP contribution is -2.43. The number of nitrogens with one attached hydrogen (secondary N) is 2. The number of rotatable bonds is 7. The third-order valence-corrected chi connectivity index (χ3v) is 5.94. The fourth-order valence-corrected chi connectivity index (χ4v) is 4.34. The second-order valence-corrected chi connectivity index (χ2v) is 9.04. The van der Waals surface area contributed by atoms with Crippen LogP contribution in [-0.4, -0.2) is 45.6 Å². The van der Waals surface area contributed by atoms with Crippen LogP contribution < -0.4 is 15.4 Å². The van der Waals surface area contributed by atoms with E-state index >= 15 is 0 Å². The average Bonchev–Trinajstić information content (AvgIpc) is 2.91. The van der Waals surface area contributed by atoms with E-state index in [4.69, 9.17) is 4.74 Å². The zero-order valence-electron chi connectivity index (χ0n) is 15.7. The first kappa shape index (κ1) is 23.0. The summed E-state index contributed by atoms with van der Waals surface area (Å²) in [5, 5.41) is 6.43. The summed E-state index contributed by atoms with van der Waals surface area (Å²) < 4.78 is 29.0. The van der Waals surface area contributed by atoms with Crippen LogP contribution in [0.15, 0.2) is 29.3 Å². The number of halogens is 1. The Hall–Kier alpha value is -1.03. The normalized spacial score (nSPS) is 19.1. The third kappa shape index (κ3) is 7.69. The summed E-state index contributed by atoms with van der Waals surface area (Å²) in [5.74, 6) is 2.50. The lowest BCUT2D eigenvalue weighted by atomic mass is 10.1. The summed E-state index contributed by atoms with van der Waals surface area (Å²) in [4.78, 5) is 4.19. The molecule has 1 atom stereocenters. The smallest absolute Gasteiger partial charge is 0.191 e. The summed E-state index contributed by atoms with van der Waals surface area (Å²) in [6, 6.07) is 7.85. The van der Waals surface area contributed by atoms with E-state index in [-0.39, 0.29) is 41.5 Å². The van der Waals surface area contributed by atoms with Crippen molar-refractivity contribution in [3.63, 3.8) is 0 Å². The van der Waals surface area contributed by atoms with Gasteiger partial charge in [0.1, 0.15) is 5.75 Å². The molecule has 8 heteroatoms. The van der Waals surface area contributed by atoms with Crippen molar-refractivity contribution >= 4 is 39.8 Å². The molecule has 1 unspecified atom stereocenters. The SMILES string of the molecule is CN=C(NCc1ccccc1OCCC(C)C)NC1CCS(=O)(=O)C1.I. The standard InChI is InChI=1S/C18H29N3O3S.HI/c1-14(2)8-10-24-17-7-5-4-6-15(17)12-20-18(19-3)21-16-9-11-25(22,23)13-16;/h4-7,14,16H,8-13H2,1-3H3,(H2,19,20,21);1H. The molecule has 2 N–H and O–H groups in total. The van der Waals surface area contributed by atoms with Gasteiger partial charge in [-0.05, 0) is 24.8 Å². The van der Waals surface area contributed by atoms with Gasteiger partial charge < -0.3 is 15.4 Å². The monoisotopic (exact) mass is 495 g/mol. The minimum absolute atomic E-state index is 0. The van der Waals surface area contributed by atoms with Crippen molar-refractivity contribution in [2.75, 3.05) is 25.2 Å². The average molecular weight is 495 g/mol. The molecule has 1 heterocycles. The molecule has 0 bridgehead atoms. The van der Waals surface area contributed by atoms with Crippen molar-refractivity contribution in [3.8, 4) is 5.75 Å². The maximum Gasteiger partial charge on any atom is 0.191 e. The Labute approximate surface area is 174 Å². The molecule has 1 aromatic rings. The Bertz CT molecular complexity index is 693. The fourth-order valence-electron chi connectivity index (χ4n) is 2.67. The maximum absolute atomic E-state index is 11.6. The highest BCUT2D eigenvalue weighted by Crippen LogP contribution is 2.18. The Morgan fingerprint density at radius 1 is 1.35 bits per heavy atom. The van der Waals surface area contributed by atoms with Gasteiger partial charge in [0.15, 0.2) is 15.8 Å². The maximum atomic E-state index is 11.6. The minimum atomic E-state index is -2.91. The Morgan fingerprint density at radius 2 is 2.08 bits per heavy atom. The summed E-state index contributed by atoms with van der Waals surface area (Å²) in [7, 11) is -1.22. The molecular weight excluding hydrogens is 465 g/mol. The number of hydrogen-bond acceptors (Lipinski definition) is 4. The highest BCUT2D eigenvalue weighted by atomic mass is 127. The van der Waals surface area contributed by atoms with E-state index in [1.54, 1.807) is 7.05 Å². The summed E-state index contributed by atoms with van der Waals surface area (Å²) in [6.07, 6.45) is 1.64. The molecule has 6 nitrogen and oxygen atoms in total. The van der Waals surface area contributed by atoms with Crippen molar-refractivity contribution in [2.24, 2.45) is 10.9 Å². The van der Waals surface area contributed by atoms with Gasteiger partial charge in [-0.25, -0.2) is 8.42 Å². The van der Waals surface area contributed by atoms with Crippen molar-refractivity contribution in [1.82, 2.24) is 10.6 Å². The van der Waals surface area contributed by atoms with Gasteiger partial charge >= 0.3 is 0 Å². The van der Waals surface area contributed by atoms with Gasteiger partial charge in [0.05, 0.1) is 18.1 Å². The number of benzene rings is 1. The topological polar surface area (TPSA) is 79.8 Å². The van der Waals surface area contributed by atoms with Gasteiger partial charge in [-0.2, -0.15) is 0 Å². The van der Waals surface area contributed by atoms with Crippen LogP contribution >= 0.6 is 24.0 Å². The van der Waals surface area contributed by atoms with E-state index in [1.807, 2.05) is 24.3 Å². The molecule has 1 aromatic carbocycles. The van der Waals surface area contributed by atoms with E-state index in [0.717, 1.165) is 17.7 Å².